The molecule has 0 atom stereocenters. The van der Waals surface area contributed by atoms with Crippen LogP contribution in [0.15, 0.2) is 30.3 Å². The fraction of sp³-hybridized carbons (Fsp3) is 0.143. The predicted octanol–water partition coefficient (Wildman–Crippen LogP) is 3.88. The van der Waals surface area contributed by atoms with Crippen LogP contribution < -0.4 is 15.2 Å². The predicted molar refractivity (Wildman–Crippen MR) is 68.4 cm³/mol. The molecular formula is C14H12F3NO2. The minimum Gasteiger partial charge on any atom is -0.491 e. The van der Waals surface area contributed by atoms with Gasteiger partial charge in [-0.15, -0.1) is 0 Å². The summed E-state index contributed by atoms with van der Waals surface area (Å²) in [7, 11) is 0. The van der Waals surface area contributed by atoms with Crippen LogP contribution in [-0.4, -0.2) is 6.61 Å². The van der Waals surface area contributed by atoms with Gasteiger partial charge in [0.2, 0.25) is 5.82 Å². The highest BCUT2D eigenvalue weighted by molar-refractivity contribution is 5.57. The van der Waals surface area contributed by atoms with Crippen LogP contribution in [0, 0.1) is 17.5 Å². The Morgan fingerprint density at radius 1 is 1.00 bits per heavy atom. The molecule has 0 amide bonds. The van der Waals surface area contributed by atoms with Gasteiger partial charge in [-0.3, -0.25) is 0 Å². The van der Waals surface area contributed by atoms with E-state index in [2.05, 4.69) is 0 Å². The molecule has 2 rings (SSSR count). The molecule has 106 valence electrons. The zero-order chi connectivity index (χ0) is 14.7. The Hall–Kier alpha value is -2.37. The van der Waals surface area contributed by atoms with Crippen LogP contribution in [0.4, 0.5) is 18.9 Å². The minimum absolute atomic E-state index is 0.0145. The van der Waals surface area contributed by atoms with Gasteiger partial charge in [-0.25, -0.2) is 8.78 Å². The first-order valence-electron chi connectivity index (χ1n) is 5.86. The molecule has 0 aliphatic heterocycles. The summed E-state index contributed by atoms with van der Waals surface area (Å²) >= 11 is 0. The van der Waals surface area contributed by atoms with E-state index in [0.29, 0.717) is 0 Å². The summed E-state index contributed by atoms with van der Waals surface area (Å²) in [5, 5.41) is 0. The second kappa shape index (κ2) is 5.73. The highest BCUT2D eigenvalue weighted by Gasteiger charge is 2.14. The molecule has 0 radical (unpaired) electrons. The van der Waals surface area contributed by atoms with Crippen LogP contribution in [0.25, 0.3) is 0 Å². The van der Waals surface area contributed by atoms with E-state index in [4.69, 9.17) is 15.2 Å². The summed E-state index contributed by atoms with van der Waals surface area (Å²) < 4.78 is 50.3. The van der Waals surface area contributed by atoms with Crippen molar-refractivity contribution in [1.29, 1.82) is 0 Å². The summed E-state index contributed by atoms with van der Waals surface area (Å²) in [6, 6.07) is 5.68. The fourth-order valence-corrected chi connectivity index (χ4v) is 1.59. The van der Waals surface area contributed by atoms with E-state index in [1.807, 2.05) is 0 Å². The van der Waals surface area contributed by atoms with Crippen molar-refractivity contribution in [2.75, 3.05) is 12.3 Å². The Balaban J connectivity index is 2.38. The lowest BCUT2D eigenvalue weighted by Crippen LogP contribution is -2.00. The highest BCUT2D eigenvalue weighted by Crippen LogP contribution is 2.34. The van der Waals surface area contributed by atoms with E-state index in [-0.39, 0.29) is 29.5 Å². The molecule has 0 aromatic heterocycles. The van der Waals surface area contributed by atoms with Crippen molar-refractivity contribution in [3.63, 3.8) is 0 Å². The first kappa shape index (κ1) is 14.0. The summed E-state index contributed by atoms with van der Waals surface area (Å²) in [4.78, 5) is 0. The van der Waals surface area contributed by atoms with Gasteiger partial charge in [-0.1, -0.05) is 6.07 Å². The Labute approximate surface area is 113 Å². The van der Waals surface area contributed by atoms with E-state index in [1.165, 1.54) is 18.2 Å². The van der Waals surface area contributed by atoms with E-state index in [9.17, 15) is 13.2 Å². The summed E-state index contributed by atoms with van der Waals surface area (Å²) in [6.45, 7) is 1.93. The Morgan fingerprint density at radius 3 is 2.45 bits per heavy atom. The van der Waals surface area contributed by atoms with Crippen LogP contribution in [0.2, 0.25) is 0 Å². The van der Waals surface area contributed by atoms with Gasteiger partial charge in [-0.05, 0) is 19.1 Å². The van der Waals surface area contributed by atoms with Crippen LogP contribution in [0.3, 0.4) is 0 Å². The van der Waals surface area contributed by atoms with Crippen LogP contribution in [0.5, 0.6) is 17.2 Å². The quantitative estimate of drug-likeness (QED) is 0.866. The lowest BCUT2D eigenvalue weighted by molar-refractivity contribution is 0.319. The SMILES string of the molecule is CCOc1cc(Oc2cccc(F)c2F)c(N)cc1F. The second-order valence-electron chi connectivity index (χ2n) is 3.91. The van der Waals surface area contributed by atoms with Crippen molar-refractivity contribution >= 4 is 5.69 Å². The molecule has 2 N–H and O–H groups in total. The maximum Gasteiger partial charge on any atom is 0.201 e. The largest absolute Gasteiger partial charge is 0.491 e. The smallest absolute Gasteiger partial charge is 0.201 e. The van der Waals surface area contributed by atoms with E-state index in [0.717, 1.165) is 12.1 Å². The number of benzene rings is 2. The van der Waals surface area contributed by atoms with Crippen molar-refractivity contribution in [1.82, 2.24) is 0 Å². The number of nitrogens with two attached hydrogens (primary N) is 1. The molecular weight excluding hydrogens is 271 g/mol. The molecule has 2 aromatic rings. The average molecular weight is 283 g/mol. The molecule has 0 fully saturated rings. The van der Waals surface area contributed by atoms with Gasteiger partial charge in [0.25, 0.3) is 0 Å². The first-order chi connectivity index (χ1) is 9.52. The average Bonchev–Trinajstić information content (AvgIpc) is 2.40. The fourth-order valence-electron chi connectivity index (χ4n) is 1.59. The summed E-state index contributed by atoms with van der Waals surface area (Å²) in [6.07, 6.45) is 0. The zero-order valence-electron chi connectivity index (χ0n) is 10.6. The third kappa shape index (κ3) is 2.79. The molecule has 0 unspecified atom stereocenters. The number of halogens is 3. The van der Waals surface area contributed by atoms with Gasteiger partial charge in [0, 0.05) is 12.1 Å². The zero-order valence-corrected chi connectivity index (χ0v) is 10.6. The van der Waals surface area contributed by atoms with Crippen LogP contribution in [0.1, 0.15) is 6.92 Å². The Kier molecular flexibility index (Phi) is 4.02. The maximum absolute atomic E-state index is 13.5. The van der Waals surface area contributed by atoms with E-state index < -0.39 is 17.5 Å². The van der Waals surface area contributed by atoms with Crippen molar-refractivity contribution < 1.29 is 22.6 Å². The minimum atomic E-state index is -1.14. The summed E-state index contributed by atoms with van der Waals surface area (Å²) in [5.74, 6) is -3.28. The Morgan fingerprint density at radius 2 is 1.75 bits per heavy atom. The lowest BCUT2D eigenvalue weighted by Gasteiger charge is -2.12. The van der Waals surface area contributed by atoms with Gasteiger partial charge in [0.1, 0.15) is 0 Å². The number of hydrogen-bond donors (Lipinski definition) is 1. The van der Waals surface area contributed by atoms with Crippen LogP contribution in [-0.2, 0) is 0 Å². The molecule has 0 spiro atoms. The van der Waals surface area contributed by atoms with Crippen molar-refractivity contribution in [2.24, 2.45) is 0 Å². The number of anilines is 1. The standard InChI is InChI=1S/C14H12F3NO2/c1-2-19-12-7-13(10(18)6-9(12)16)20-11-5-3-4-8(15)14(11)17/h3-7H,2,18H2,1H3. The second-order valence-corrected chi connectivity index (χ2v) is 3.91. The Bertz CT molecular complexity index is 632. The maximum atomic E-state index is 13.5. The third-order valence-corrected chi connectivity index (χ3v) is 2.50. The molecule has 0 saturated heterocycles. The van der Waals surface area contributed by atoms with Gasteiger partial charge in [0.15, 0.2) is 28.9 Å². The van der Waals surface area contributed by atoms with Gasteiger partial charge in [0.05, 0.1) is 12.3 Å². The highest BCUT2D eigenvalue weighted by atomic mass is 19.2. The number of nitrogen functional groups attached to an aromatic ring is 1. The monoisotopic (exact) mass is 283 g/mol. The van der Waals surface area contributed by atoms with E-state index in [1.54, 1.807) is 6.92 Å². The molecule has 0 heterocycles. The van der Waals surface area contributed by atoms with Crippen molar-refractivity contribution in [3.8, 4) is 17.2 Å². The van der Waals surface area contributed by atoms with Crippen molar-refractivity contribution in [2.45, 2.75) is 6.92 Å². The van der Waals surface area contributed by atoms with E-state index >= 15 is 0 Å². The third-order valence-electron chi connectivity index (χ3n) is 2.50. The molecule has 2 aromatic carbocycles. The lowest BCUT2D eigenvalue weighted by atomic mass is 10.2. The number of rotatable bonds is 4. The molecule has 0 bridgehead atoms. The molecule has 20 heavy (non-hydrogen) atoms. The normalized spacial score (nSPS) is 10.4. The molecule has 6 heteroatoms. The van der Waals surface area contributed by atoms with Crippen molar-refractivity contribution in [3.05, 3.63) is 47.8 Å². The van der Waals surface area contributed by atoms with Gasteiger partial charge < -0.3 is 15.2 Å². The molecule has 0 aliphatic carbocycles. The first-order valence-corrected chi connectivity index (χ1v) is 5.86. The number of ether oxygens (including phenoxy) is 2. The summed E-state index contributed by atoms with van der Waals surface area (Å²) in [5.41, 5.74) is 5.54. The van der Waals surface area contributed by atoms with Gasteiger partial charge in [-0.2, -0.15) is 4.39 Å². The molecule has 3 nitrogen and oxygen atoms in total. The number of hydrogen-bond acceptors (Lipinski definition) is 3. The van der Waals surface area contributed by atoms with Gasteiger partial charge >= 0.3 is 0 Å². The molecule has 0 saturated carbocycles. The van der Waals surface area contributed by atoms with Crippen LogP contribution >= 0.6 is 0 Å². The topological polar surface area (TPSA) is 44.5 Å². The molecule has 0 aliphatic rings.